The number of pyridine rings is 1. The van der Waals surface area contributed by atoms with Gasteiger partial charge in [0.25, 0.3) is 5.91 Å². The first-order chi connectivity index (χ1) is 17.5. The minimum Gasteiger partial charge on any atom is -0.384 e. The quantitative estimate of drug-likeness (QED) is 0.305. The molecule has 0 aliphatic carbocycles. The van der Waals surface area contributed by atoms with Gasteiger partial charge in [0.1, 0.15) is 5.82 Å². The Morgan fingerprint density at radius 1 is 1.08 bits per heavy atom. The number of hydrogen-bond donors (Lipinski definition) is 4. The molecule has 5 N–H and O–H groups in total. The molecule has 2 aromatic carbocycles. The van der Waals surface area contributed by atoms with Crippen molar-refractivity contribution in [2.75, 3.05) is 44.3 Å². The predicted molar refractivity (Wildman–Crippen MR) is 143 cm³/mol. The molecular weight excluding hydrogens is 452 g/mol. The lowest BCUT2D eigenvalue weighted by Crippen LogP contribution is -2.43. The molecule has 0 bridgehead atoms. The van der Waals surface area contributed by atoms with E-state index in [1.807, 2.05) is 36.5 Å². The molecule has 0 unspecified atom stereocenters. The molecule has 4 heterocycles. The Labute approximate surface area is 208 Å². The van der Waals surface area contributed by atoms with E-state index in [4.69, 9.17) is 5.73 Å². The Morgan fingerprint density at radius 2 is 1.89 bits per heavy atom. The number of rotatable bonds is 5. The first-order valence-electron chi connectivity index (χ1n) is 12.0. The van der Waals surface area contributed by atoms with E-state index < -0.39 is 0 Å². The summed E-state index contributed by atoms with van der Waals surface area (Å²) >= 11 is 0. The molecule has 0 atom stereocenters. The minimum atomic E-state index is -0.195. The molecule has 0 saturated carbocycles. The maximum Gasteiger partial charge on any atom is 0.257 e. The molecule has 182 valence electrons. The second-order valence-electron chi connectivity index (χ2n) is 9.45. The van der Waals surface area contributed by atoms with Gasteiger partial charge in [-0.2, -0.15) is 5.10 Å². The van der Waals surface area contributed by atoms with Gasteiger partial charge in [-0.1, -0.05) is 12.1 Å². The van der Waals surface area contributed by atoms with Crippen molar-refractivity contribution in [2.45, 2.75) is 6.54 Å². The van der Waals surface area contributed by atoms with Crippen molar-refractivity contribution in [2.24, 2.45) is 0 Å². The van der Waals surface area contributed by atoms with E-state index in [1.165, 1.54) is 5.56 Å². The number of nitrogen functional groups attached to an aromatic ring is 1. The van der Waals surface area contributed by atoms with Crippen LogP contribution in [0.1, 0.15) is 15.9 Å². The number of nitrogens with one attached hydrogen (secondary N) is 3. The van der Waals surface area contributed by atoms with Crippen molar-refractivity contribution in [3.8, 4) is 11.1 Å². The number of aromatic nitrogens is 4. The summed E-state index contributed by atoms with van der Waals surface area (Å²) in [6, 6.07) is 13.8. The van der Waals surface area contributed by atoms with Gasteiger partial charge in [-0.3, -0.25) is 14.8 Å². The summed E-state index contributed by atoms with van der Waals surface area (Å²) in [5.41, 5.74) is 11.9. The van der Waals surface area contributed by atoms with Crippen molar-refractivity contribution >= 4 is 39.2 Å². The third kappa shape index (κ3) is 4.30. The number of anilines is 2. The average Bonchev–Trinajstić information content (AvgIpc) is 3.52. The number of aromatic amines is 2. The summed E-state index contributed by atoms with van der Waals surface area (Å²) in [5.74, 6) is 0.251. The first-order valence-corrected chi connectivity index (χ1v) is 12.0. The van der Waals surface area contributed by atoms with Gasteiger partial charge in [-0.15, -0.1) is 0 Å². The van der Waals surface area contributed by atoms with Gasteiger partial charge in [-0.05, 0) is 48.5 Å². The Hall–Kier alpha value is -4.21. The number of amides is 1. The Kier molecular flexibility index (Phi) is 5.63. The van der Waals surface area contributed by atoms with Crippen LogP contribution >= 0.6 is 0 Å². The molecule has 1 saturated heterocycles. The van der Waals surface area contributed by atoms with E-state index >= 15 is 0 Å². The zero-order chi connectivity index (χ0) is 24.6. The largest absolute Gasteiger partial charge is 0.384 e. The van der Waals surface area contributed by atoms with E-state index in [0.717, 1.165) is 65.8 Å². The molecule has 1 amide bonds. The van der Waals surface area contributed by atoms with Gasteiger partial charge in [0.2, 0.25) is 0 Å². The van der Waals surface area contributed by atoms with Gasteiger partial charge < -0.3 is 20.9 Å². The van der Waals surface area contributed by atoms with Gasteiger partial charge >= 0.3 is 0 Å². The van der Waals surface area contributed by atoms with Crippen LogP contribution in [0.5, 0.6) is 0 Å². The smallest absolute Gasteiger partial charge is 0.257 e. The van der Waals surface area contributed by atoms with E-state index in [0.29, 0.717) is 16.9 Å². The van der Waals surface area contributed by atoms with Gasteiger partial charge in [0.15, 0.2) is 0 Å². The minimum absolute atomic E-state index is 0.195. The van der Waals surface area contributed by atoms with Gasteiger partial charge in [-0.25, -0.2) is 4.98 Å². The van der Waals surface area contributed by atoms with Crippen molar-refractivity contribution in [3.05, 3.63) is 72.2 Å². The van der Waals surface area contributed by atoms with Crippen LogP contribution in [0.4, 0.5) is 11.5 Å². The second-order valence-corrected chi connectivity index (χ2v) is 9.45. The topological polar surface area (TPSA) is 119 Å². The third-order valence-electron chi connectivity index (χ3n) is 6.91. The molecule has 3 aromatic heterocycles. The number of nitrogens with two attached hydrogens (primary N) is 1. The van der Waals surface area contributed by atoms with Crippen molar-refractivity contribution in [1.82, 2.24) is 30.0 Å². The van der Waals surface area contributed by atoms with E-state index in [2.05, 4.69) is 54.5 Å². The van der Waals surface area contributed by atoms with Crippen LogP contribution in [0.2, 0.25) is 0 Å². The molecule has 5 aromatic rings. The molecule has 9 heteroatoms. The molecule has 0 spiro atoms. The van der Waals surface area contributed by atoms with Crippen LogP contribution in [-0.4, -0.2) is 69.1 Å². The number of carbonyl (C=O) groups is 1. The highest BCUT2D eigenvalue weighted by Crippen LogP contribution is 2.33. The highest BCUT2D eigenvalue weighted by atomic mass is 16.1. The summed E-state index contributed by atoms with van der Waals surface area (Å²) in [6.07, 6.45) is 5.35. The standard InChI is InChI=1S/C27H28N8O/c1-34-6-8-35(9-7-34)16-17-2-4-20(5-3-17)32-27(36)22-11-18(10-19-13-31-33-26(19)22)23-14-29-24-15-30-25(28)12-21(23)24/h2-5,10-15,29H,6-9,16H2,1H3,(H2,28,30)(H,31,33)(H,32,36). The third-order valence-corrected chi connectivity index (χ3v) is 6.91. The molecule has 1 fully saturated rings. The van der Waals surface area contributed by atoms with Crippen LogP contribution in [0.3, 0.4) is 0 Å². The highest BCUT2D eigenvalue weighted by molar-refractivity contribution is 6.13. The number of H-pyrrole nitrogens is 2. The van der Waals surface area contributed by atoms with Crippen molar-refractivity contribution in [1.29, 1.82) is 0 Å². The molecule has 6 rings (SSSR count). The predicted octanol–water partition coefficient (Wildman–Crippen LogP) is 3.69. The van der Waals surface area contributed by atoms with Gasteiger partial charge in [0, 0.05) is 60.9 Å². The normalized spacial score (nSPS) is 15.0. The maximum atomic E-state index is 13.4. The van der Waals surface area contributed by atoms with Crippen LogP contribution < -0.4 is 11.1 Å². The number of hydrogen-bond acceptors (Lipinski definition) is 6. The SMILES string of the molecule is CN1CCN(Cc2ccc(NC(=O)c3cc(-c4c[nH]c5cnc(N)cc45)cc4cn[nH]c34)cc2)CC1. The lowest BCUT2D eigenvalue weighted by molar-refractivity contribution is 0.102. The number of benzene rings is 2. The fraction of sp³-hybridized carbons (Fsp3) is 0.222. The fourth-order valence-electron chi connectivity index (χ4n) is 4.82. The summed E-state index contributed by atoms with van der Waals surface area (Å²) in [7, 11) is 2.16. The van der Waals surface area contributed by atoms with Crippen molar-refractivity contribution in [3.63, 3.8) is 0 Å². The first kappa shape index (κ1) is 22.3. The van der Waals surface area contributed by atoms with Crippen molar-refractivity contribution < 1.29 is 4.79 Å². The molecule has 9 nitrogen and oxygen atoms in total. The monoisotopic (exact) mass is 480 g/mol. The Balaban J connectivity index is 1.25. The molecule has 36 heavy (non-hydrogen) atoms. The zero-order valence-corrected chi connectivity index (χ0v) is 20.1. The number of piperazine rings is 1. The Morgan fingerprint density at radius 3 is 2.69 bits per heavy atom. The zero-order valence-electron chi connectivity index (χ0n) is 20.1. The van der Waals surface area contributed by atoms with Crippen LogP contribution in [0.15, 0.2) is 61.1 Å². The Bertz CT molecular complexity index is 1540. The maximum absolute atomic E-state index is 13.4. The number of carbonyl (C=O) groups excluding carboxylic acids is 1. The number of nitrogens with zero attached hydrogens (tertiary/aromatic N) is 4. The molecule has 1 aliphatic rings. The van der Waals surface area contributed by atoms with E-state index in [1.54, 1.807) is 12.4 Å². The summed E-state index contributed by atoms with van der Waals surface area (Å²) < 4.78 is 0. The number of fused-ring (bicyclic) bond motifs is 2. The van der Waals surface area contributed by atoms with E-state index in [9.17, 15) is 4.79 Å². The summed E-state index contributed by atoms with van der Waals surface area (Å²) in [6.45, 7) is 5.26. The molecular formula is C27H28N8O. The lowest BCUT2D eigenvalue weighted by atomic mass is 9.99. The van der Waals surface area contributed by atoms with Crippen LogP contribution in [-0.2, 0) is 6.54 Å². The van der Waals surface area contributed by atoms with E-state index in [-0.39, 0.29) is 5.91 Å². The number of likely N-dealkylation sites (N-methyl/N-ethyl adjacent to an activating group) is 1. The second kappa shape index (κ2) is 9.10. The fourth-order valence-corrected chi connectivity index (χ4v) is 4.82. The lowest BCUT2D eigenvalue weighted by Gasteiger charge is -2.32. The van der Waals surface area contributed by atoms with Crippen LogP contribution in [0, 0.1) is 0 Å². The average molecular weight is 481 g/mol. The van der Waals surface area contributed by atoms with Crippen LogP contribution in [0.25, 0.3) is 32.9 Å². The molecule has 0 radical (unpaired) electrons. The molecule has 1 aliphatic heterocycles. The van der Waals surface area contributed by atoms with Gasteiger partial charge in [0.05, 0.1) is 29.0 Å². The summed E-state index contributed by atoms with van der Waals surface area (Å²) in [5, 5.41) is 12.0. The highest BCUT2D eigenvalue weighted by Gasteiger charge is 2.17. The summed E-state index contributed by atoms with van der Waals surface area (Å²) in [4.78, 5) is 25.6.